The fourth-order valence-electron chi connectivity index (χ4n) is 2.26. The number of hydrogen-bond donors (Lipinski definition) is 1. The predicted octanol–water partition coefficient (Wildman–Crippen LogP) is 0.209. The van der Waals surface area contributed by atoms with Crippen LogP contribution in [0.4, 0.5) is 0 Å². The molecule has 1 atom stereocenters. The molecule has 1 aromatic heterocycles. The van der Waals surface area contributed by atoms with E-state index in [1.807, 2.05) is 19.9 Å². The molecule has 0 unspecified atom stereocenters. The molecule has 2 amide bonds. The molecule has 2 heterocycles. The standard InChI is InChI=1S/C14H20N4O3/c1-9-6-10(2)17-14(16-9)21-12-4-5-18(8-12)13(20)7-15-11(3)19/h6,12H,4-5,7-8H2,1-3H3,(H,15,19)/t12-/m1/s1. The fourth-order valence-corrected chi connectivity index (χ4v) is 2.26. The lowest BCUT2D eigenvalue weighted by atomic mass is 10.3. The number of aromatic nitrogens is 2. The van der Waals surface area contributed by atoms with Crippen LogP contribution in [-0.4, -0.2) is 52.4 Å². The first-order valence-corrected chi connectivity index (χ1v) is 6.95. The van der Waals surface area contributed by atoms with Crippen molar-refractivity contribution < 1.29 is 14.3 Å². The second-order valence-corrected chi connectivity index (χ2v) is 5.21. The Balaban J connectivity index is 1.87. The molecule has 0 aromatic carbocycles. The third-order valence-corrected chi connectivity index (χ3v) is 3.22. The summed E-state index contributed by atoms with van der Waals surface area (Å²) in [4.78, 5) is 32.8. The maximum atomic E-state index is 11.9. The third-order valence-electron chi connectivity index (χ3n) is 3.22. The molecular formula is C14H20N4O3. The Labute approximate surface area is 123 Å². The lowest BCUT2D eigenvalue weighted by Crippen LogP contribution is -2.39. The van der Waals surface area contributed by atoms with Crippen molar-refractivity contribution in [1.29, 1.82) is 0 Å². The van der Waals surface area contributed by atoms with Crippen LogP contribution < -0.4 is 10.1 Å². The van der Waals surface area contributed by atoms with Crippen LogP contribution in [-0.2, 0) is 9.59 Å². The topological polar surface area (TPSA) is 84.4 Å². The number of aryl methyl sites for hydroxylation is 2. The first-order chi connectivity index (χ1) is 9.94. The third kappa shape index (κ3) is 4.40. The Bertz CT molecular complexity index is 527. The smallest absolute Gasteiger partial charge is 0.317 e. The second kappa shape index (κ2) is 6.51. The maximum absolute atomic E-state index is 11.9. The highest BCUT2D eigenvalue weighted by Crippen LogP contribution is 2.16. The van der Waals surface area contributed by atoms with Crippen LogP contribution in [0, 0.1) is 13.8 Å². The number of nitrogens with one attached hydrogen (secondary N) is 1. The molecule has 21 heavy (non-hydrogen) atoms. The Morgan fingerprint density at radius 1 is 1.38 bits per heavy atom. The van der Waals surface area contributed by atoms with Crippen LogP contribution in [0.2, 0.25) is 0 Å². The average molecular weight is 292 g/mol. The molecule has 1 aliphatic heterocycles. The average Bonchev–Trinajstić information content (AvgIpc) is 2.83. The molecule has 1 aliphatic rings. The quantitative estimate of drug-likeness (QED) is 0.857. The van der Waals surface area contributed by atoms with E-state index in [4.69, 9.17) is 4.74 Å². The van der Waals surface area contributed by atoms with E-state index >= 15 is 0 Å². The fraction of sp³-hybridized carbons (Fsp3) is 0.571. The first-order valence-electron chi connectivity index (χ1n) is 6.95. The molecule has 0 saturated carbocycles. The Morgan fingerprint density at radius 3 is 2.67 bits per heavy atom. The minimum atomic E-state index is -0.209. The monoisotopic (exact) mass is 292 g/mol. The van der Waals surface area contributed by atoms with Crippen molar-refractivity contribution >= 4 is 11.8 Å². The van der Waals surface area contributed by atoms with E-state index in [1.165, 1.54) is 6.92 Å². The van der Waals surface area contributed by atoms with E-state index in [9.17, 15) is 9.59 Å². The molecule has 114 valence electrons. The van der Waals surface area contributed by atoms with Crippen molar-refractivity contribution in [3.63, 3.8) is 0 Å². The highest BCUT2D eigenvalue weighted by molar-refractivity contribution is 5.83. The largest absolute Gasteiger partial charge is 0.458 e. The molecule has 0 radical (unpaired) electrons. The first kappa shape index (κ1) is 15.2. The number of amides is 2. The Kier molecular flexibility index (Phi) is 4.72. The zero-order valence-electron chi connectivity index (χ0n) is 12.5. The van der Waals surface area contributed by atoms with Gasteiger partial charge < -0.3 is 15.0 Å². The van der Waals surface area contributed by atoms with Crippen LogP contribution >= 0.6 is 0 Å². The predicted molar refractivity (Wildman–Crippen MR) is 75.8 cm³/mol. The number of ether oxygens (including phenoxy) is 1. The van der Waals surface area contributed by atoms with Crippen molar-refractivity contribution in [3.05, 3.63) is 17.5 Å². The van der Waals surface area contributed by atoms with E-state index in [0.29, 0.717) is 19.1 Å². The van der Waals surface area contributed by atoms with Gasteiger partial charge in [-0.25, -0.2) is 9.97 Å². The number of carbonyl (C=O) groups is 2. The number of rotatable bonds is 4. The molecule has 1 aromatic rings. The summed E-state index contributed by atoms with van der Waals surface area (Å²) in [5.74, 6) is -0.309. The second-order valence-electron chi connectivity index (χ2n) is 5.21. The molecule has 7 nitrogen and oxygen atoms in total. The zero-order chi connectivity index (χ0) is 15.4. The number of hydrogen-bond acceptors (Lipinski definition) is 5. The van der Waals surface area contributed by atoms with Gasteiger partial charge in [0, 0.05) is 31.3 Å². The molecule has 7 heteroatoms. The van der Waals surface area contributed by atoms with Gasteiger partial charge in [0.2, 0.25) is 11.8 Å². The highest BCUT2D eigenvalue weighted by atomic mass is 16.5. The summed E-state index contributed by atoms with van der Waals surface area (Å²) in [7, 11) is 0. The van der Waals surface area contributed by atoms with Gasteiger partial charge in [0.15, 0.2) is 0 Å². The summed E-state index contributed by atoms with van der Waals surface area (Å²) in [6.45, 7) is 6.31. The lowest BCUT2D eigenvalue weighted by Gasteiger charge is -2.17. The molecule has 0 spiro atoms. The summed E-state index contributed by atoms with van der Waals surface area (Å²) in [5.41, 5.74) is 1.71. The van der Waals surface area contributed by atoms with Gasteiger partial charge in [0.1, 0.15) is 6.10 Å². The molecule has 1 saturated heterocycles. The van der Waals surface area contributed by atoms with Gasteiger partial charge >= 0.3 is 6.01 Å². The normalized spacial score (nSPS) is 17.7. The molecule has 2 rings (SSSR count). The van der Waals surface area contributed by atoms with Crippen molar-refractivity contribution in [2.24, 2.45) is 0 Å². The molecule has 1 N–H and O–H groups in total. The van der Waals surface area contributed by atoms with Crippen LogP contribution in [0.1, 0.15) is 24.7 Å². The highest BCUT2D eigenvalue weighted by Gasteiger charge is 2.28. The Morgan fingerprint density at radius 2 is 2.05 bits per heavy atom. The summed E-state index contributed by atoms with van der Waals surface area (Å²) >= 11 is 0. The minimum Gasteiger partial charge on any atom is -0.458 e. The van der Waals surface area contributed by atoms with Crippen LogP contribution in [0.5, 0.6) is 6.01 Å². The van der Waals surface area contributed by atoms with Gasteiger partial charge in [-0.2, -0.15) is 0 Å². The van der Waals surface area contributed by atoms with Crippen LogP contribution in [0.3, 0.4) is 0 Å². The van der Waals surface area contributed by atoms with Crippen molar-refractivity contribution in [2.75, 3.05) is 19.6 Å². The SMILES string of the molecule is CC(=O)NCC(=O)N1CC[C@@H](Oc2nc(C)cc(C)n2)C1. The van der Waals surface area contributed by atoms with Crippen LogP contribution in [0.25, 0.3) is 0 Å². The number of likely N-dealkylation sites (tertiary alicyclic amines) is 1. The zero-order valence-corrected chi connectivity index (χ0v) is 12.5. The van der Waals surface area contributed by atoms with Gasteiger partial charge in [0.05, 0.1) is 13.1 Å². The van der Waals surface area contributed by atoms with Gasteiger partial charge in [-0.1, -0.05) is 0 Å². The van der Waals surface area contributed by atoms with Crippen molar-refractivity contribution in [1.82, 2.24) is 20.2 Å². The Hall–Kier alpha value is -2.18. The maximum Gasteiger partial charge on any atom is 0.317 e. The summed E-state index contributed by atoms with van der Waals surface area (Å²) < 4.78 is 5.74. The van der Waals surface area contributed by atoms with Gasteiger partial charge in [-0.05, 0) is 19.9 Å². The van der Waals surface area contributed by atoms with E-state index in [-0.39, 0.29) is 24.5 Å². The van der Waals surface area contributed by atoms with E-state index in [0.717, 1.165) is 17.8 Å². The molecular weight excluding hydrogens is 272 g/mol. The summed E-state index contributed by atoms with van der Waals surface area (Å²) in [5, 5.41) is 2.51. The summed E-state index contributed by atoms with van der Waals surface area (Å²) in [6, 6.07) is 2.23. The molecule has 1 fully saturated rings. The van der Waals surface area contributed by atoms with Crippen molar-refractivity contribution in [3.8, 4) is 6.01 Å². The van der Waals surface area contributed by atoms with E-state index in [2.05, 4.69) is 15.3 Å². The minimum absolute atomic E-state index is 0.0299. The van der Waals surface area contributed by atoms with E-state index < -0.39 is 0 Å². The number of nitrogens with zero attached hydrogens (tertiary/aromatic N) is 3. The lowest BCUT2D eigenvalue weighted by molar-refractivity contribution is -0.131. The van der Waals surface area contributed by atoms with Gasteiger partial charge in [-0.15, -0.1) is 0 Å². The van der Waals surface area contributed by atoms with Crippen LogP contribution in [0.15, 0.2) is 6.07 Å². The summed E-state index contributed by atoms with van der Waals surface area (Å²) in [6.07, 6.45) is 0.634. The van der Waals surface area contributed by atoms with Crippen molar-refractivity contribution in [2.45, 2.75) is 33.3 Å². The number of carbonyl (C=O) groups excluding carboxylic acids is 2. The van der Waals surface area contributed by atoms with E-state index in [1.54, 1.807) is 4.90 Å². The van der Waals surface area contributed by atoms with Gasteiger partial charge in [0.25, 0.3) is 0 Å². The molecule has 0 bridgehead atoms. The molecule has 0 aliphatic carbocycles. The van der Waals surface area contributed by atoms with Gasteiger partial charge in [-0.3, -0.25) is 9.59 Å².